The van der Waals surface area contributed by atoms with Crippen molar-refractivity contribution >= 4 is 11.3 Å². The predicted octanol–water partition coefficient (Wildman–Crippen LogP) is 1.85. The van der Waals surface area contributed by atoms with E-state index in [1.807, 2.05) is 23.7 Å². The van der Waals surface area contributed by atoms with Crippen molar-refractivity contribution in [3.63, 3.8) is 0 Å². The summed E-state index contributed by atoms with van der Waals surface area (Å²) in [7, 11) is 0. The van der Waals surface area contributed by atoms with E-state index in [2.05, 4.69) is 22.2 Å². The number of rotatable bonds is 5. The van der Waals surface area contributed by atoms with E-state index in [4.69, 9.17) is 5.73 Å². The van der Waals surface area contributed by atoms with Crippen molar-refractivity contribution in [1.29, 1.82) is 0 Å². The monoisotopic (exact) mass is 248 g/mol. The molecule has 0 saturated carbocycles. The number of nitrogens with zero attached hydrogens (tertiary/aromatic N) is 2. The van der Waals surface area contributed by atoms with Crippen LogP contribution in [0.4, 0.5) is 0 Å². The molecule has 2 heterocycles. The maximum Gasteiger partial charge on any atom is 0.109 e. The molecule has 2 aromatic heterocycles. The van der Waals surface area contributed by atoms with Crippen molar-refractivity contribution in [3.05, 3.63) is 46.2 Å². The summed E-state index contributed by atoms with van der Waals surface area (Å²) in [6.45, 7) is 3.40. The molecule has 0 aliphatic carbocycles. The Hall–Kier alpha value is -1.30. The Bertz CT molecular complexity index is 455. The summed E-state index contributed by atoms with van der Waals surface area (Å²) < 4.78 is 0. The van der Waals surface area contributed by atoms with Gasteiger partial charge in [0, 0.05) is 30.9 Å². The molecule has 90 valence electrons. The van der Waals surface area contributed by atoms with Gasteiger partial charge < -0.3 is 11.1 Å². The summed E-state index contributed by atoms with van der Waals surface area (Å²) in [6, 6.07) is 4.30. The fourth-order valence-corrected chi connectivity index (χ4v) is 2.23. The van der Waals surface area contributed by atoms with Gasteiger partial charge in [0.2, 0.25) is 0 Å². The molecule has 0 aliphatic heterocycles. The van der Waals surface area contributed by atoms with E-state index in [0.29, 0.717) is 6.54 Å². The molecular formula is C12H16N4S. The van der Waals surface area contributed by atoms with E-state index in [1.165, 1.54) is 5.56 Å². The summed E-state index contributed by atoms with van der Waals surface area (Å²) in [4.78, 5) is 8.46. The van der Waals surface area contributed by atoms with Crippen LogP contribution in [0.5, 0.6) is 0 Å². The van der Waals surface area contributed by atoms with Crippen LogP contribution in [0.3, 0.4) is 0 Å². The van der Waals surface area contributed by atoms with Gasteiger partial charge in [-0.15, -0.1) is 11.3 Å². The average molecular weight is 248 g/mol. The van der Waals surface area contributed by atoms with Crippen LogP contribution in [0, 0.1) is 0 Å². The van der Waals surface area contributed by atoms with Crippen LogP contribution in [-0.2, 0) is 13.1 Å². The van der Waals surface area contributed by atoms with E-state index in [9.17, 15) is 0 Å². The summed E-state index contributed by atoms with van der Waals surface area (Å²) in [5.41, 5.74) is 7.68. The number of nitrogens with one attached hydrogen (secondary N) is 1. The lowest BCUT2D eigenvalue weighted by Crippen LogP contribution is -2.18. The number of hydrogen-bond donors (Lipinski definition) is 2. The van der Waals surface area contributed by atoms with Gasteiger partial charge in [-0.3, -0.25) is 4.98 Å². The second kappa shape index (κ2) is 5.86. The lowest BCUT2D eigenvalue weighted by Gasteiger charge is -2.11. The third-order valence-electron chi connectivity index (χ3n) is 2.52. The highest BCUT2D eigenvalue weighted by atomic mass is 32.1. The molecule has 2 aromatic rings. The molecule has 17 heavy (non-hydrogen) atoms. The highest BCUT2D eigenvalue weighted by Crippen LogP contribution is 2.15. The van der Waals surface area contributed by atoms with Gasteiger partial charge in [0.25, 0.3) is 0 Å². The molecule has 1 unspecified atom stereocenters. The standard InChI is InChI=1S/C12H16N4S/c1-9(12-15-4-5-17-12)16-8-10-2-3-14-11(6-10)7-13/h2-6,9,16H,7-8,13H2,1H3. The summed E-state index contributed by atoms with van der Waals surface area (Å²) in [6.07, 6.45) is 3.63. The molecule has 0 aliphatic rings. The van der Waals surface area contributed by atoms with Gasteiger partial charge in [-0.1, -0.05) is 0 Å². The molecule has 0 fully saturated rings. The van der Waals surface area contributed by atoms with E-state index >= 15 is 0 Å². The van der Waals surface area contributed by atoms with Crippen LogP contribution in [-0.4, -0.2) is 9.97 Å². The Balaban J connectivity index is 1.93. The quantitative estimate of drug-likeness (QED) is 0.847. The minimum absolute atomic E-state index is 0.268. The first-order valence-corrected chi connectivity index (χ1v) is 6.44. The van der Waals surface area contributed by atoms with Gasteiger partial charge in [0.05, 0.1) is 11.7 Å². The summed E-state index contributed by atoms with van der Waals surface area (Å²) >= 11 is 1.67. The first-order valence-electron chi connectivity index (χ1n) is 5.56. The van der Waals surface area contributed by atoms with Gasteiger partial charge >= 0.3 is 0 Å². The van der Waals surface area contributed by atoms with Crippen molar-refractivity contribution in [2.45, 2.75) is 26.1 Å². The highest BCUT2D eigenvalue weighted by Gasteiger charge is 2.07. The molecule has 2 rings (SSSR count). The van der Waals surface area contributed by atoms with Gasteiger partial charge in [-0.05, 0) is 24.6 Å². The SMILES string of the molecule is CC(NCc1ccnc(CN)c1)c1nccs1. The Morgan fingerprint density at radius 3 is 3.00 bits per heavy atom. The largest absolute Gasteiger partial charge is 0.325 e. The molecule has 0 saturated heterocycles. The zero-order valence-electron chi connectivity index (χ0n) is 9.76. The molecule has 3 N–H and O–H groups in total. The summed E-state index contributed by atoms with van der Waals surface area (Å²) in [5, 5.41) is 6.53. The zero-order chi connectivity index (χ0) is 12.1. The molecule has 0 aromatic carbocycles. The van der Waals surface area contributed by atoms with Crippen molar-refractivity contribution in [2.75, 3.05) is 0 Å². The van der Waals surface area contributed by atoms with Gasteiger partial charge in [0.1, 0.15) is 5.01 Å². The molecule has 4 nitrogen and oxygen atoms in total. The van der Waals surface area contributed by atoms with Crippen molar-refractivity contribution in [1.82, 2.24) is 15.3 Å². The normalized spacial score (nSPS) is 12.6. The maximum absolute atomic E-state index is 5.56. The lowest BCUT2D eigenvalue weighted by atomic mass is 10.2. The first-order chi connectivity index (χ1) is 8.29. The first kappa shape index (κ1) is 12.2. The van der Waals surface area contributed by atoms with E-state index < -0.39 is 0 Å². The minimum Gasteiger partial charge on any atom is -0.325 e. The third-order valence-corrected chi connectivity index (χ3v) is 3.48. The second-order valence-corrected chi connectivity index (χ2v) is 4.76. The highest BCUT2D eigenvalue weighted by molar-refractivity contribution is 7.09. The smallest absolute Gasteiger partial charge is 0.109 e. The van der Waals surface area contributed by atoms with E-state index in [1.54, 1.807) is 17.5 Å². The molecule has 0 bridgehead atoms. The molecule has 5 heteroatoms. The Labute approximate surface area is 105 Å². The topological polar surface area (TPSA) is 63.8 Å². The Morgan fingerprint density at radius 2 is 2.29 bits per heavy atom. The molecule has 0 amide bonds. The second-order valence-electron chi connectivity index (χ2n) is 3.83. The fraction of sp³-hybridized carbons (Fsp3) is 0.333. The van der Waals surface area contributed by atoms with E-state index in [0.717, 1.165) is 17.2 Å². The van der Waals surface area contributed by atoms with Gasteiger partial charge in [-0.25, -0.2) is 4.98 Å². The van der Waals surface area contributed by atoms with Crippen molar-refractivity contribution in [2.24, 2.45) is 5.73 Å². The number of pyridine rings is 1. The van der Waals surface area contributed by atoms with Gasteiger partial charge in [-0.2, -0.15) is 0 Å². The number of hydrogen-bond acceptors (Lipinski definition) is 5. The van der Waals surface area contributed by atoms with Crippen molar-refractivity contribution < 1.29 is 0 Å². The molecule has 0 radical (unpaired) electrons. The average Bonchev–Trinajstić information content (AvgIpc) is 2.90. The maximum atomic E-state index is 5.56. The number of thiazole rings is 1. The molecular weight excluding hydrogens is 232 g/mol. The van der Waals surface area contributed by atoms with Crippen LogP contribution < -0.4 is 11.1 Å². The Morgan fingerprint density at radius 1 is 1.41 bits per heavy atom. The lowest BCUT2D eigenvalue weighted by molar-refractivity contribution is 0.571. The van der Waals surface area contributed by atoms with Crippen LogP contribution in [0.2, 0.25) is 0 Å². The zero-order valence-corrected chi connectivity index (χ0v) is 10.6. The van der Waals surface area contributed by atoms with Crippen LogP contribution in [0.1, 0.15) is 29.2 Å². The van der Waals surface area contributed by atoms with Gasteiger partial charge in [0.15, 0.2) is 0 Å². The van der Waals surface area contributed by atoms with E-state index in [-0.39, 0.29) is 6.04 Å². The van der Waals surface area contributed by atoms with Crippen LogP contribution in [0.25, 0.3) is 0 Å². The number of aromatic nitrogens is 2. The fourth-order valence-electron chi connectivity index (χ4n) is 1.56. The predicted molar refractivity (Wildman–Crippen MR) is 69.5 cm³/mol. The minimum atomic E-state index is 0.268. The molecule has 1 atom stereocenters. The molecule has 0 spiro atoms. The summed E-state index contributed by atoms with van der Waals surface area (Å²) in [5.74, 6) is 0. The van der Waals surface area contributed by atoms with Crippen molar-refractivity contribution in [3.8, 4) is 0 Å². The number of nitrogens with two attached hydrogens (primary N) is 1. The van der Waals surface area contributed by atoms with Crippen LogP contribution in [0.15, 0.2) is 29.9 Å². The Kier molecular flexibility index (Phi) is 4.19. The van der Waals surface area contributed by atoms with Crippen LogP contribution >= 0.6 is 11.3 Å². The third kappa shape index (κ3) is 3.33.